The van der Waals surface area contributed by atoms with Gasteiger partial charge in [0.15, 0.2) is 9.84 Å². The number of benzene rings is 1. The van der Waals surface area contributed by atoms with Gasteiger partial charge >= 0.3 is 0 Å². The first-order chi connectivity index (χ1) is 6.51. The van der Waals surface area contributed by atoms with Gasteiger partial charge in [0.1, 0.15) is 5.75 Å². The Hall–Kier alpha value is -1.07. The molecule has 4 nitrogen and oxygen atoms in total. The second-order valence-corrected chi connectivity index (χ2v) is 5.18. The fraction of sp³-hybridized carbons (Fsp3) is 0.333. The Labute approximate surface area is 83.3 Å². The first-order valence-electron chi connectivity index (χ1n) is 4.26. The van der Waals surface area contributed by atoms with Crippen LogP contribution in [-0.4, -0.2) is 19.3 Å². The molecule has 0 aliphatic carbocycles. The Kier molecular flexibility index (Phi) is 3.13. The molecule has 0 saturated heterocycles. The van der Waals surface area contributed by atoms with E-state index >= 15 is 0 Å². The summed E-state index contributed by atoms with van der Waals surface area (Å²) in [5, 5.41) is 9.41. The number of phenolic OH excluding ortho intramolecular Hbond substituents is 1. The largest absolute Gasteiger partial charge is 0.508 e. The lowest BCUT2D eigenvalue weighted by atomic mass is 10.2. The first kappa shape index (κ1) is 11.0. The van der Waals surface area contributed by atoms with E-state index in [4.69, 9.17) is 5.73 Å². The van der Waals surface area contributed by atoms with Crippen molar-refractivity contribution in [2.24, 2.45) is 5.73 Å². The molecule has 1 aromatic carbocycles. The summed E-state index contributed by atoms with van der Waals surface area (Å²) in [5.41, 5.74) is 5.87. The highest BCUT2D eigenvalue weighted by Crippen LogP contribution is 2.21. The summed E-state index contributed by atoms with van der Waals surface area (Å²) in [7, 11) is -3.25. The highest BCUT2D eigenvalue weighted by molar-refractivity contribution is 7.91. The highest BCUT2D eigenvalue weighted by Gasteiger charge is 2.12. The maximum atomic E-state index is 11.4. The van der Waals surface area contributed by atoms with E-state index in [1.54, 1.807) is 6.92 Å². The molecule has 0 amide bonds. The molecule has 0 bridgehead atoms. The minimum absolute atomic E-state index is 0.0222. The van der Waals surface area contributed by atoms with Gasteiger partial charge in [0.25, 0.3) is 0 Å². The van der Waals surface area contributed by atoms with Gasteiger partial charge in [-0.15, -0.1) is 0 Å². The van der Waals surface area contributed by atoms with Crippen molar-refractivity contribution >= 4 is 9.84 Å². The van der Waals surface area contributed by atoms with Crippen molar-refractivity contribution < 1.29 is 13.5 Å². The lowest BCUT2D eigenvalue weighted by Crippen LogP contribution is -2.04. The Bertz CT molecular complexity index is 426. The molecule has 1 rings (SSSR count). The van der Waals surface area contributed by atoms with E-state index in [1.807, 2.05) is 0 Å². The van der Waals surface area contributed by atoms with Crippen molar-refractivity contribution in [3.63, 3.8) is 0 Å². The van der Waals surface area contributed by atoms with Crippen molar-refractivity contribution in [1.82, 2.24) is 0 Å². The standard InChI is InChI=1S/C9H13NO3S/c1-2-14(12,13)8-4-3-7(6-10)9(11)5-8/h3-5,11H,2,6,10H2,1H3. The van der Waals surface area contributed by atoms with Gasteiger partial charge in [0, 0.05) is 12.1 Å². The predicted molar refractivity (Wildman–Crippen MR) is 53.7 cm³/mol. The maximum Gasteiger partial charge on any atom is 0.178 e. The fourth-order valence-electron chi connectivity index (χ4n) is 1.08. The maximum absolute atomic E-state index is 11.4. The molecule has 0 aliphatic rings. The molecule has 3 N–H and O–H groups in total. The number of nitrogens with two attached hydrogens (primary N) is 1. The zero-order valence-electron chi connectivity index (χ0n) is 7.90. The van der Waals surface area contributed by atoms with Gasteiger partial charge in [-0.25, -0.2) is 8.42 Å². The summed E-state index contributed by atoms with van der Waals surface area (Å²) in [5.74, 6) is -0.0453. The molecule has 0 fully saturated rings. The number of hydrogen-bond donors (Lipinski definition) is 2. The molecule has 1 aromatic rings. The van der Waals surface area contributed by atoms with Gasteiger partial charge in [0.05, 0.1) is 10.6 Å². The van der Waals surface area contributed by atoms with Crippen LogP contribution in [0.15, 0.2) is 23.1 Å². The Balaban J connectivity index is 3.22. The summed E-state index contributed by atoms with van der Waals surface area (Å²) in [6, 6.07) is 4.22. The molecule has 0 radical (unpaired) electrons. The third-order valence-corrected chi connectivity index (χ3v) is 3.75. The Morgan fingerprint density at radius 3 is 2.50 bits per heavy atom. The van der Waals surface area contributed by atoms with Gasteiger partial charge in [-0.1, -0.05) is 13.0 Å². The number of hydrogen-bond acceptors (Lipinski definition) is 4. The average molecular weight is 215 g/mol. The van der Waals surface area contributed by atoms with Crippen molar-refractivity contribution in [2.75, 3.05) is 5.75 Å². The average Bonchev–Trinajstić information content (AvgIpc) is 2.17. The minimum atomic E-state index is -3.25. The zero-order chi connectivity index (χ0) is 10.8. The van der Waals surface area contributed by atoms with Crippen LogP contribution in [0.25, 0.3) is 0 Å². The molecule has 0 unspecified atom stereocenters. The molecule has 0 aromatic heterocycles. The smallest absolute Gasteiger partial charge is 0.178 e. The summed E-state index contributed by atoms with van der Waals surface area (Å²) < 4.78 is 22.8. The summed E-state index contributed by atoms with van der Waals surface area (Å²) in [6.45, 7) is 1.75. The van der Waals surface area contributed by atoms with Crippen LogP contribution >= 0.6 is 0 Å². The van der Waals surface area contributed by atoms with Crippen LogP contribution in [0.5, 0.6) is 5.75 Å². The first-order valence-corrected chi connectivity index (χ1v) is 5.91. The van der Waals surface area contributed by atoms with Gasteiger partial charge in [-0.05, 0) is 12.1 Å². The molecule has 0 aliphatic heterocycles. The van der Waals surface area contributed by atoms with E-state index in [9.17, 15) is 13.5 Å². The molecular formula is C9H13NO3S. The Morgan fingerprint density at radius 1 is 1.43 bits per heavy atom. The van der Waals surface area contributed by atoms with Crippen molar-refractivity contribution in [3.8, 4) is 5.75 Å². The normalized spacial score (nSPS) is 11.6. The summed E-state index contributed by atoms with van der Waals surface area (Å²) in [4.78, 5) is 0.134. The third kappa shape index (κ3) is 2.05. The molecule has 0 atom stereocenters. The minimum Gasteiger partial charge on any atom is -0.508 e. The molecular weight excluding hydrogens is 202 g/mol. The van der Waals surface area contributed by atoms with Crippen LogP contribution in [0.3, 0.4) is 0 Å². The lowest BCUT2D eigenvalue weighted by molar-refractivity contribution is 0.466. The van der Waals surface area contributed by atoms with E-state index in [0.717, 1.165) is 0 Å². The highest BCUT2D eigenvalue weighted by atomic mass is 32.2. The van der Waals surface area contributed by atoms with Crippen LogP contribution in [0.1, 0.15) is 12.5 Å². The molecule has 0 spiro atoms. The zero-order valence-corrected chi connectivity index (χ0v) is 8.71. The number of phenols is 1. The molecule has 5 heteroatoms. The monoisotopic (exact) mass is 215 g/mol. The van der Waals surface area contributed by atoms with E-state index in [0.29, 0.717) is 5.56 Å². The van der Waals surface area contributed by atoms with Gasteiger partial charge < -0.3 is 10.8 Å². The van der Waals surface area contributed by atoms with Crippen LogP contribution in [-0.2, 0) is 16.4 Å². The Morgan fingerprint density at radius 2 is 2.07 bits per heavy atom. The van der Waals surface area contributed by atoms with Gasteiger partial charge in [-0.3, -0.25) is 0 Å². The number of sulfone groups is 1. The number of aromatic hydroxyl groups is 1. The van der Waals surface area contributed by atoms with Crippen LogP contribution < -0.4 is 5.73 Å². The van der Waals surface area contributed by atoms with E-state index in [-0.39, 0.29) is 22.9 Å². The fourth-order valence-corrected chi connectivity index (χ4v) is 1.98. The lowest BCUT2D eigenvalue weighted by Gasteiger charge is -2.05. The summed E-state index contributed by atoms with van der Waals surface area (Å²) >= 11 is 0. The molecule has 0 heterocycles. The van der Waals surface area contributed by atoms with Crippen LogP contribution in [0, 0.1) is 0 Å². The van der Waals surface area contributed by atoms with E-state index in [2.05, 4.69) is 0 Å². The van der Waals surface area contributed by atoms with Crippen molar-refractivity contribution in [3.05, 3.63) is 23.8 Å². The molecule has 0 saturated carbocycles. The van der Waals surface area contributed by atoms with E-state index in [1.165, 1.54) is 18.2 Å². The molecule has 14 heavy (non-hydrogen) atoms. The van der Waals surface area contributed by atoms with Crippen molar-refractivity contribution in [1.29, 1.82) is 0 Å². The molecule has 78 valence electrons. The van der Waals surface area contributed by atoms with Crippen LogP contribution in [0.4, 0.5) is 0 Å². The SMILES string of the molecule is CCS(=O)(=O)c1ccc(CN)c(O)c1. The second kappa shape index (κ2) is 3.98. The van der Waals surface area contributed by atoms with Gasteiger partial charge in [0.2, 0.25) is 0 Å². The van der Waals surface area contributed by atoms with Crippen molar-refractivity contribution in [2.45, 2.75) is 18.4 Å². The predicted octanol–water partition coefficient (Wildman–Crippen LogP) is 0.645. The second-order valence-electron chi connectivity index (χ2n) is 2.90. The third-order valence-electron chi connectivity index (χ3n) is 2.02. The van der Waals surface area contributed by atoms with Gasteiger partial charge in [-0.2, -0.15) is 0 Å². The topological polar surface area (TPSA) is 80.4 Å². The van der Waals surface area contributed by atoms with E-state index < -0.39 is 9.84 Å². The summed E-state index contributed by atoms with van der Waals surface area (Å²) in [6.07, 6.45) is 0. The quantitative estimate of drug-likeness (QED) is 0.775. The number of rotatable bonds is 3. The van der Waals surface area contributed by atoms with Crippen LogP contribution in [0.2, 0.25) is 0 Å².